The maximum atomic E-state index is 13.4. The van der Waals surface area contributed by atoms with Gasteiger partial charge in [0.25, 0.3) is 0 Å². The number of nitrogens with one attached hydrogen (secondary N) is 1. The molecule has 0 saturated carbocycles. The zero-order valence-corrected chi connectivity index (χ0v) is 16.3. The monoisotopic (exact) mass is 419 g/mol. The van der Waals surface area contributed by atoms with Gasteiger partial charge in [0, 0.05) is 6.20 Å². The maximum Gasteiger partial charge on any atom is 0.246 e. The first kappa shape index (κ1) is 18.3. The largest absolute Gasteiger partial charge is 0.321 e. The number of hydrogen-bond donors (Lipinski definition) is 1. The number of carbonyl (C=O) groups excluding carboxylic acids is 1. The zero-order valence-electron chi connectivity index (χ0n) is 14.8. The molecule has 1 amide bonds. The Balaban J connectivity index is 1.74. The van der Waals surface area contributed by atoms with Crippen LogP contribution in [0.4, 0.5) is 10.1 Å². The third-order valence-corrected chi connectivity index (χ3v) is 4.84. The average molecular weight is 420 g/mol. The molecule has 3 aromatic rings. The highest BCUT2D eigenvalue weighted by atomic mass is 79.9. The van der Waals surface area contributed by atoms with E-state index < -0.39 is 0 Å². The highest BCUT2D eigenvalue weighted by Crippen LogP contribution is 2.21. The number of benzene rings is 1. The third kappa shape index (κ3) is 4.01. The van der Waals surface area contributed by atoms with E-state index in [1.165, 1.54) is 12.1 Å². The first-order valence-electron chi connectivity index (χ1n) is 8.11. The fourth-order valence-electron chi connectivity index (χ4n) is 2.74. The van der Waals surface area contributed by atoms with Crippen molar-refractivity contribution in [3.63, 3.8) is 0 Å². The molecule has 0 bridgehead atoms. The number of halogens is 2. The predicted molar refractivity (Wildman–Crippen MR) is 100 cm³/mol. The van der Waals surface area contributed by atoms with E-state index in [4.69, 9.17) is 0 Å². The molecule has 0 unspecified atom stereocenters. The van der Waals surface area contributed by atoms with Gasteiger partial charge >= 0.3 is 0 Å². The zero-order chi connectivity index (χ0) is 18.8. The van der Waals surface area contributed by atoms with Crippen LogP contribution in [-0.2, 0) is 17.9 Å². The summed E-state index contributed by atoms with van der Waals surface area (Å²) in [7, 11) is 0. The van der Waals surface area contributed by atoms with Crippen LogP contribution in [-0.4, -0.2) is 25.5 Å². The van der Waals surface area contributed by atoms with Crippen LogP contribution in [0.2, 0.25) is 0 Å². The van der Waals surface area contributed by atoms with E-state index in [0.29, 0.717) is 17.9 Å². The second-order valence-corrected chi connectivity index (χ2v) is 7.00. The van der Waals surface area contributed by atoms with Crippen molar-refractivity contribution >= 4 is 27.5 Å². The van der Waals surface area contributed by atoms with E-state index in [1.54, 1.807) is 21.6 Å². The van der Waals surface area contributed by atoms with Gasteiger partial charge in [-0.3, -0.25) is 14.2 Å². The molecule has 0 radical (unpaired) electrons. The van der Waals surface area contributed by atoms with Gasteiger partial charge in [0.05, 0.1) is 33.8 Å². The normalized spacial score (nSPS) is 11.0. The second-order valence-electron chi connectivity index (χ2n) is 6.14. The lowest BCUT2D eigenvalue weighted by Gasteiger charge is -2.08. The van der Waals surface area contributed by atoms with Crippen molar-refractivity contribution in [1.29, 1.82) is 0 Å². The second kappa shape index (κ2) is 7.41. The number of rotatable bonds is 5. The van der Waals surface area contributed by atoms with E-state index in [0.717, 1.165) is 21.4 Å². The van der Waals surface area contributed by atoms with Gasteiger partial charge in [0.1, 0.15) is 12.4 Å². The Morgan fingerprint density at radius 2 is 2.00 bits per heavy atom. The van der Waals surface area contributed by atoms with Crippen molar-refractivity contribution in [2.45, 2.75) is 33.9 Å². The van der Waals surface area contributed by atoms with Gasteiger partial charge < -0.3 is 5.32 Å². The van der Waals surface area contributed by atoms with E-state index >= 15 is 0 Å². The van der Waals surface area contributed by atoms with Crippen LogP contribution >= 0.6 is 15.9 Å². The van der Waals surface area contributed by atoms with Crippen molar-refractivity contribution in [3.05, 3.63) is 63.4 Å². The van der Waals surface area contributed by atoms with Gasteiger partial charge in [-0.05, 0) is 54.4 Å². The molecule has 0 aliphatic rings. The van der Waals surface area contributed by atoms with Gasteiger partial charge in [0.2, 0.25) is 5.91 Å². The van der Waals surface area contributed by atoms with Crippen molar-refractivity contribution < 1.29 is 9.18 Å². The molecule has 0 fully saturated rings. The minimum atomic E-state index is -0.279. The first-order chi connectivity index (χ1) is 12.3. The average Bonchev–Trinajstić information content (AvgIpc) is 3.01. The number of nitrogens with zero attached hydrogens (tertiary/aromatic N) is 4. The number of hydrogen-bond acceptors (Lipinski definition) is 3. The quantitative estimate of drug-likeness (QED) is 0.686. The molecule has 26 heavy (non-hydrogen) atoms. The van der Waals surface area contributed by atoms with Crippen LogP contribution in [0.5, 0.6) is 0 Å². The maximum absolute atomic E-state index is 13.4. The number of carbonyl (C=O) groups is 1. The molecule has 0 spiro atoms. The highest BCUT2D eigenvalue weighted by Gasteiger charge is 2.15. The van der Waals surface area contributed by atoms with Crippen LogP contribution in [0.15, 0.2) is 34.9 Å². The number of aryl methyl sites for hydroxylation is 2. The Kier molecular flexibility index (Phi) is 5.22. The van der Waals surface area contributed by atoms with Crippen LogP contribution in [0.1, 0.15) is 22.6 Å². The summed E-state index contributed by atoms with van der Waals surface area (Å²) in [5, 5.41) is 11.6. The lowest BCUT2D eigenvalue weighted by molar-refractivity contribution is -0.116. The fraction of sp³-hybridized carbons (Fsp3) is 0.278. The number of aromatic nitrogens is 4. The topological polar surface area (TPSA) is 64.7 Å². The number of amides is 1. The molecular weight excluding hydrogens is 401 g/mol. The summed E-state index contributed by atoms with van der Waals surface area (Å²) >= 11 is 3.38. The van der Waals surface area contributed by atoms with Gasteiger partial charge in [-0.2, -0.15) is 10.2 Å². The molecule has 1 N–H and O–H groups in total. The molecule has 6 nitrogen and oxygen atoms in total. The Morgan fingerprint density at radius 1 is 1.23 bits per heavy atom. The molecule has 1 aromatic carbocycles. The number of anilines is 1. The van der Waals surface area contributed by atoms with Crippen LogP contribution in [0, 0.1) is 26.6 Å². The van der Waals surface area contributed by atoms with E-state index in [1.807, 2.05) is 26.8 Å². The smallest absolute Gasteiger partial charge is 0.246 e. The fourth-order valence-corrected chi connectivity index (χ4v) is 3.06. The molecule has 3 rings (SSSR count). The molecule has 2 heterocycles. The minimum absolute atomic E-state index is 0.112. The van der Waals surface area contributed by atoms with Crippen molar-refractivity contribution in [3.8, 4) is 0 Å². The summed E-state index contributed by atoms with van der Waals surface area (Å²) < 4.78 is 17.6. The Hall–Kier alpha value is -2.48. The minimum Gasteiger partial charge on any atom is -0.321 e. The van der Waals surface area contributed by atoms with Crippen LogP contribution in [0.25, 0.3) is 0 Å². The molecule has 0 saturated heterocycles. The summed E-state index contributed by atoms with van der Waals surface area (Å²) in [6.07, 6.45) is 1.77. The SMILES string of the molecule is Cc1nn(CC(=O)Nc2c(C)nn(Cc3cccc(F)c3)c2C)cc1Br. The Labute approximate surface area is 159 Å². The van der Waals surface area contributed by atoms with Crippen LogP contribution in [0.3, 0.4) is 0 Å². The lowest BCUT2D eigenvalue weighted by atomic mass is 10.2. The Bertz CT molecular complexity index is 943. The highest BCUT2D eigenvalue weighted by molar-refractivity contribution is 9.10. The van der Waals surface area contributed by atoms with Crippen LogP contribution < -0.4 is 5.32 Å². The lowest BCUT2D eigenvalue weighted by Crippen LogP contribution is -2.20. The summed E-state index contributed by atoms with van der Waals surface area (Å²) in [4.78, 5) is 12.3. The summed E-state index contributed by atoms with van der Waals surface area (Å²) in [6.45, 7) is 6.12. The molecule has 2 aromatic heterocycles. The summed E-state index contributed by atoms with van der Waals surface area (Å²) in [5.41, 5.74) is 3.84. The molecule has 0 aliphatic heterocycles. The molecular formula is C18H19BrFN5O. The van der Waals surface area contributed by atoms with E-state index in [9.17, 15) is 9.18 Å². The van der Waals surface area contributed by atoms with Gasteiger partial charge in [0.15, 0.2) is 0 Å². The molecule has 136 valence electrons. The van der Waals surface area contributed by atoms with Crippen molar-refractivity contribution in [1.82, 2.24) is 19.6 Å². The first-order valence-corrected chi connectivity index (χ1v) is 8.90. The molecule has 8 heteroatoms. The standard InChI is InChI=1S/C18H19BrFN5O/c1-11-16(19)9-24(22-11)10-17(26)21-18-12(2)23-25(13(18)3)8-14-5-4-6-15(20)7-14/h4-7,9H,8,10H2,1-3H3,(H,21,26). The summed E-state index contributed by atoms with van der Waals surface area (Å²) in [6, 6.07) is 6.40. The third-order valence-electron chi connectivity index (χ3n) is 4.06. The van der Waals surface area contributed by atoms with E-state index in [2.05, 4.69) is 31.4 Å². The van der Waals surface area contributed by atoms with E-state index in [-0.39, 0.29) is 18.3 Å². The Morgan fingerprint density at radius 3 is 2.65 bits per heavy atom. The predicted octanol–water partition coefficient (Wildman–Crippen LogP) is 3.59. The van der Waals surface area contributed by atoms with Gasteiger partial charge in [-0.15, -0.1) is 0 Å². The van der Waals surface area contributed by atoms with Gasteiger partial charge in [-0.25, -0.2) is 4.39 Å². The molecule has 0 aliphatic carbocycles. The van der Waals surface area contributed by atoms with Crippen molar-refractivity contribution in [2.24, 2.45) is 0 Å². The molecule has 0 atom stereocenters. The van der Waals surface area contributed by atoms with Gasteiger partial charge in [-0.1, -0.05) is 12.1 Å². The summed E-state index contributed by atoms with van der Waals surface area (Å²) in [5.74, 6) is -0.463. The van der Waals surface area contributed by atoms with Crippen molar-refractivity contribution in [2.75, 3.05) is 5.32 Å².